The summed E-state index contributed by atoms with van der Waals surface area (Å²) in [4.78, 5) is 101. The van der Waals surface area contributed by atoms with Crippen LogP contribution in [0.3, 0.4) is 0 Å². The number of hydrogen-bond acceptors (Lipinski definition) is 9. The third-order valence-corrected chi connectivity index (χ3v) is 11.2. The van der Waals surface area contributed by atoms with Gasteiger partial charge in [0.15, 0.2) is 6.10 Å². The summed E-state index contributed by atoms with van der Waals surface area (Å²) in [5, 5.41) is 8.21. The Bertz CT molecular complexity index is 1640. The molecule has 3 unspecified atom stereocenters. The van der Waals surface area contributed by atoms with Crippen LogP contribution in [-0.2, 0) is 49.5 Å². The summed E-state index contributed by atoms with van der Waals surface area (Å²) in [7, 11) is 1.47. The number of likely N-dealkylation sites (N-methyl/N-ethyl adjacent to an activating group) is 1. The van der Waals surface area contributed by atoms with Crippen molar-refractivity contribution in [3.8, 4) is 12.3 Å². The van der Waals surface area contributed by atoms with Gasteiger partial charge in [-0.3, -0.25) is 28.8 Å². The van der Waals surface area contributed by atoms with Gasteiger partial charge in [0.25, 0.3) is 5.91 Å². The fourth-order valence-electron chi connectivity index (χ4n) is 7.08. The maximum Gasteiger partial charge on any atom is 0.329 e. The first kappa shape index (κ1) is 46.5. The number of nitrogens with one attached hydrogen (secondary N) is 3. The van der Waals surface area contributed by atoms with E-state index in [1.807, 2.05) is 37.3 Å². The van der Waals surface area contributed by atoms with Crippen LogP contribution in [0.15, 0.2) is 30.3 Å². The zero-order valence-electron chi connectivity index (χ0n) is 35.1. The normalized spacial score (nSPS) is 26.6. The van der Waals surface area contributed by atoms with Gasteiger partial charge in [0.1, 0.15) is 36.8 Å². The number of terminal acetylenes is 1. The minimum atomic E-state index is -1.38. The van der Waals surface area contributed by atoms with E-state index in [-0.39, 0.29) is 19.4 Å². The standard InChI is InChI=1S/C43H63N5O9/c1-11-13-15-22-32-43(8,9)42(55)46-35(27(5)6)39(52)47(10)31(24-29-19-16-14-17-20-29)41(54)57-36(28(7)12-2)40(53)48-23-18-21-30(48)37(50)45-34(26(3)4)38(51)44-25-33(49)56-32/h1,14,16-17,19-20,26-28,30-32,34-36H,12-13,15,18,21-25H2,2-10H3,(H,44,51)(H,45,50)(H,46,55)/t28-,30-,31?,32?,34-,35?,36-/m0/s1. The van der Waals surface area contributed by atoms with Crippen LogP contribution in [0, 0.1) is 35.5 Å². The van der Waals surface area contributed by atoms with Gasteiger partial charge in [-0.25, -0.2) is 4.79 Å². The number of fused-ring (bicyclic) bond motifs is 1. The number of ether oxygens (including phenoxy) is 2. The largest absolute Gasteiger partial charge is 0.460 e. The van der Waals surface area contributed by atoms with Crippen LogP contribution in [0.25, 0.3) is 0 Å². The first-order valence-electron chi connectivity index (χ1n) is 20.2. The van der Waals surface area contributed by atoms with E-state index in [2.05, 4.69) is 21.9 Å². The number of amides is 5. The molecule has 5 amide bonds. The molecule has 3 N–H and O–H groups in total. The molecule has 314 valence electrons. The van der Waals surface area contributed by atoms with Crippen molar-refractivity contribution in [3.63, 3.8) is 0 Å². The molecule has 2 heterocycles. The zero-order chi connectivity index (χ0) is 42.6. The monoisotopic (exact) mass is 793 g/mol. The summed E-state index contributed by atoms with van der Waals surface area (Å²) < 4.78 is 11.9. The van der Waals surface area contributed by atoms with Crippen molar-refractivity contribution in [2.75, 3.05) is 20.1 Å². The van der Waals surface area contributed by atoms with Gasteiger partial charge in [-0.05, 0) is 63.4 Å². The highest BCUT2D eigenvalue weighted by atomic mass is 16.6. The van der Waals surface area contributed by atoms with Gasteiger partial charge >= 0.3 is 11.9 Å². The highest BCUT2D eigenvalue weighted by molar-refractivity contribution is 5.96. The Balaban J connectivity index is 2.15. The number of carbonyl (C=O) groups is 7. The lowest BCUT2D eigenvalue weighted by molar-refractivity contribution is -0.170. The van der Waals surface area contributed by atoms with Crippen LogP contribution in [0.2, 0.25) is 0 Å². The van der Waals surface area contributed by atoms with Crippen molar-refractivity contribution in [1.82, 2.24) is 25.8 Å². The van der Waals surface area contributed by atoms with Crippen molar-refractivity contribution >= 4 is 41.5 Å². The maximum absolute atomic E-state index is 14.4. The number of carbonyl (C=O) groups excluding carboxylic acids is 7. The van der Waals surface area contributed by atoms with Gasteiger partial charge in [-0.1, -0.05) is 71.9 Å². The maximum atomic E-state index is 14.4. The van der Waals surface area contributed by atoms with Crippen LogP contribution < -0.4 is 16.0 Å². The van der Waals surface area contributed by atoms with Crippen molar-refractivity contribution in [2.45, 2.75) is 137 Å². The highest BCUT2D eigenvalue weighted by Gasteiger charge is 2.45. The molecule has 2 saturated heterocycles. The molecule has 0 radical (unpaired) electrons. The predicted octanol–water partition coefficient (Wildman–Crippen LogP) is 3.16. The number of nitrogens with zero attached hydrogens (tertiary/aromatic N) is 2. The van der Waals surface area contributed by atoms with Gasteiger partial charge in [-0.2, -0.15) is 0 Å². The van der Waals surface area contributed by atoms with Gasteiger partial charge < -0.3 is 35.2 Å². The highest BCUT2D eigenvalue weighted by Crippen LogP contribution is 2.30. The molecule has 1 aromatic carbocycles. The minimum absolute atomic E-state index is 0.0498. The molecule has 0 aliphatic carbocycles. The van der Waals surface area contributed by atoms with E-state index in [0.717, 1.165) is 5.56 Å². The van der Waals surface area contributed by atoms with Gasteiger partial charge in [0.2, 0.25) is 23.6 Å². The summed E-state index contributed by atoms with van der Waals surface area (Å²) in [5.41, 5.74) is -0.652. The van der Waals surface area contributed by atoms with Gasteiger partial charge in [0.05, 0.1) is 5.41 Å². The van der Waals surface area contributed by atoms with Crippen molar-refractivity contribution in [2.24, 2.45) is 23.2 Å². The van der Waals surface area contributed by atoms with Crippen LogP contribution in [0.1, 0.15) is 99.5 Å². The Morgan fingerprint density at radius 1 is 0.895 bits per heavy atom. The molecule has 0 saturated carbocycles. The Morgan fingerprint density at radius 3 is 2.14 bits per heavy atom. The van der Waals surface area contributed by atoms with Crippen molar-refractivity contribution in [3.05, 3.63) is 35.9 Å². The first-order valence-corrected chi connectivity index (χ1v) is 20.2. The molecular formula is C43H63N5O9. The number of cyclic esters (lactones) is 2. The average molecular weight is 794 g/mol. The number of esters is 2. The molecular weight excluding hydrogens is 730 g/mol. The summed E-state index contributed by atoms with van der Waals surface area (Å²) >= 11 is 0. The molecule has 3 rings (SSSR count). The molecule has 2 fully saturated rings. The number of rotatable bonds is 9. The lowest BCUT2D eigenvalue weighted by Gasteiger charge is -2.37. The quantitative estimate of drug-likeness (QED) is 0.192. The molecule has 2 aliphatic rings. The Kier molecular flexibility index (Phi) is 17.1. The van der Waals surface area contributed by atoms with E-state index in [1.165, 1.54) is 16.8 Å². The van der Waals surface area contributed by atoms with E-state index in [0.29, 0.717) is 32.1 Å². The Hall–Kier alpha value is -4.93. The zero-order valence-corrected chi connectivity index (χ0v) is 35.1. The summed E-state index contributed by atoms with van der Waals surface area (Å²) in [5.74, 6) is -3.27. The third-order valence-electron chi connectivity index (χ3n) is 11.2. The molecule has 0 spiro atoms. The smallest absolute Gasteiger partial charge is 0.329 e. The topological polar surface area (TPSA) is 181 Å². The Morgan fingerprint density at radius 2 is 1.54 bits per heavy atom. The molecule has 14 heteroatoms. The molecule has 0 bridgehead atoms. The van der Waals surface area contributed by atoms with E-state index in [9.17, 15) is 33.6 Å². The summed E-state index contributed by atoms with van der Waals surface area (Å²) in [6, 6.07) is 4.75. The van der Waals surface area contributed by atoms with Crippen LogP contribution in [0.4, 0.5) is 0 Å². The predicted molar refractivity (Wildman–Crippen MR) is 214 cm³/mol. The lowest BCUT2D eigenvalue weighted by atomic mass is 9.82. The number of unbranched alkanes of at least 4 members (excludes halogenated alkanes) is 1. The van der Waals surface area contributed by atoms with E-state index in [1.54, 1.807) is 48.5 Å². The molecule has 14 nitrogen and oxygen atoms in total. The van der Waals surface area contributed by atoms with Gasteiger partial charge in [-0.15, -0.1) is 12.3 Å². The Labute approximate surface area is 337 Å². The van der Waals surface area contributed by atoms with Crippen LogP contribution in [-0.4, -0.2) is 108 Å². The molecule has 0 aromatic heterocycles. The third kappa shape index (κ3) is 12.0. The van der Waals surface area contributed by atoms with Crippen LogP contribution in [0.5, 0.6) is 0 Å². The first-order chi connectivity index (χ1) is 26.8. The molecule has 57 heavy (non-hydrogen) atoms. The molecule has 7 atom stereocenters. The van der Waals surface area contributed by atoms with Gasteiger partial charge in [0, 0.05) is 32.4 Å². The van der Waals surface area contributed by atoms with E-state index < -0.39 is 108 Å². The molecule has 2 aliphatic heterocycles. The second-order valence-corrected chi connectivity index (χ2v) is 16.5. The van der Waals surface area contributed by atoms with E-state index >= 15 is 0 Å². The van der Waals surface area contributed by atoms with Crippen molar-refractivity contribution in [1.29, 1.82) is 0 Å². The van der Waals surface area contributed by atoms with E-state index in [4.69, 9.17) is 15.9 Å². The lowest BCUT2D eigenvalue weighted by Crippen LogP contribution is -2.59. The number of benzene rings is 1. The second kappa shape index (κ2) is 21.0. The fourth-order valence-corrected chi connectivity index (χ4v) is 7.08. The number of hydrogen-bond donors (Lipinski definition) is 3. The summed E-state index contributed by atoms with van der Waals surface area (Å²) in [6.07, 6.45) is 5.56. The summed E-state index contributed by atoms with van der Waals surface area (Å²) in [6.45, 7) is 13.5. The minimum Gasteiger partial charge on any atom is -0.460 e. The fraction of sp³-hybridized carbons (Fsp3) is 0.651. The average Bonchev–Trinajstić information content (AvgIpc) is 3.67. The molecule has 1 aromatic rings. The van der Waals surface area contributed by atoms with Crippen LogP contribution >= 0.6 is 0 Å². The van der Waals surface area contributed by atoms with Crippen molar-refractivity contribution < 1.29 is 43.0 Å². The second-order valence-electron chi connectivity index (χ2n) is 16.5. The SMILES string of the molecule is C#CCCCC1OC(=O)CNC(=O)[C@H](C(C)C)NC(=O)[C@@H]2CCCN2C(=O)[C@H]([C@@H](C)CC)OC(=O)C(Cc2ccccc2)N(C)C(=O)C(C(C)C)NC(=O)C1(C)C.